The first-order valence-corrected chi connectivity index (χ1v) is 8.26. The van der Waals surface area contributed by atoms with E-state index in [1.54, 1.807) is 6.20 Å². The second kappa shape index (κ2) is 7.05. The van der Waals surface area contributed by atoms with Crippen molar-refractivity contribution in [3.63, 3.8) is 0 Å². The Morgan fingerprint density at radius 2 is 2.18 bits per heavy atom. The molecular weight excluding hydrogens is 278 g/mol. The van der Waals surface area contributed by atoms with E-state index in [0.717, 1.165) is 57.7 Å². The van der Waals surface area contributed by atoms with Crippen molar-refractivity contribution in [1.29, 1.82) is 0 Å². The summed E-state index contributed by atoms with van der Waals surface area (Å²) < 4.78 is 0. The number of carbonyl (C=O) groups excluding carboxylic acids is 1. The number of hydrogen-bond donors (Lipinski definition) is 1. The molecule has 2 fully saturated rings. The quantitative estimate of drug-likeness (QED) is 0.899. The highest BCUT2D eigenvalue weighted by molar-refractivity contribution is 5.79. The highest BCUT2D eigenvalue weighted by Crippen LogP contribution is 2.22. The van der Waals surface area contributed by atoms with Gasteiger partial charge < -0.3 is 15.1 Å². The number of nitrogens with zero attached hydrogens (tertiary/aromatic N) is 4. The minimum atomic E-state index is 0.193. The molecular formula is C16H25N5O. The highest BCUT2D eigenvalue weighted by atomic mass is 16.2. The summed E-state index contributed by atoms with van der Waals surface area (Å²) in [6, 6.07) is 4.18. The first-order valence-electron chi connectivity index (χ1n) is 8.26. The molecule has 6 heteroatoms. The van der Waals surface area contributed by atoms with Crippen LogP contribution in [0.15, 0.2) is 18.3 Å². The number of nitrogens with one attached hydrogen (secondary N) is 1. The fourth-order valence-electron chi connectivity index (χ4n) is 3.48. The van der Waals surface area contributed by atoms with Gasteiger partial charge in [-0.15, -0.1) is 5.10 Å². The average Bonchev–Trinajstić information content (AvgIpc) is 2.62. The van der Waals surface area contributed by atoms with Crippen molar-refractivity contribution in [2.24, 2.45) is 5.92 Å². The van der Waals surface area contributed by atoms with Gasteiger partial charge in [0, 0.05) is 38.3 Å². The van der Waals surface area contributed by atoms with Crippen LogP contribution in [0.3, 0.4) is 0 Å². The van der Waals surface area contributed by atoms with Gasteiger partial charge in [-0.1, -0.05) is 0 Å². The molecule has 22 heavy (non-hydrogen) atoms. The molecule has 1 unspecified atom stereocenters. The van der Waals surface area contributed by atoms with Crippen LogP contribution in [-0.4, -0.2) is 60.3 Å². The Labute approximate surface area is 131 Å². The Morgan fingerprint density at radius 1 is 1.36 bits per heavy atom. The van der Waals surface area contributed by atoms with Crippen LogP contribution in [0, 0.1) is 5.92 Å². The number of carbonyl (C=O) groups is 1. The van der Waals surface area contributed by atoms with Crippen LogP contribution < -0.4 is 10.2 Å². The zero-order chi connectivity index (χ0) is 15.4. The molecule has 0 saturated carbocycles. The van der Waals surface area contributed by atoms with E-state index in [1.807, 2.05) is 24.1 Å². The number of amides is 1. The summed E-state index contributed by atoms with van der Waals surface area (Å²) in [6.45, 7) is 3.76. The second-order valence-electron chi connectivity index (χ2n) is 6.30. The monoisotopic (exact) mass is 303 g/mol. The zero-order valence-corrected chi connectivity index (χ0v) is 13.2. The molecule has 0 aromatic carbocycles. The third-order valence-electron chi connectivity index (χ3n) is 4.86. The van der Waals surface area contributed by atoms with Gasteiger partial charge in [-0.2, -0.15) is 5.10 Å². The van der Waals surface area contributed by atoms with Crippen molar-refractivity contribution in [3.8, 4) is 0 Å². The van der Waals surface area contributed by atoms with E-state index in [4.69, 9.17) is 0 Å². The molecule has 1 aromatic rings. The van der Waals surface area contributed by atoms with E-state index in [1.165, 1.54) is 0 Å². The molecule has 2 aliphatic rings. The summed E-state index contributed by atoms with van der Waals surface area (Å²) in [4.78, 5) is 16.9. The Hall–Kier alpha value is -1.69. The van der Waals surface area contributed by atoms with Gasteiger partial charge in [0.2, 0.25) is 5.91 Å². The molecule has 6 nitrogen and oxygen atoms in total. The minimum absolute atomic E-state index is 0.193. The molecule has 0 spiro atoms. The van der Waals surface area contributed by atoms with Crippen LogP contribution in [0.1, 0.15) is 25.7 Å². The van der Waals surface area contributed by atoms with Gasteiger partial charge in [0.05, 0.1) is 0 Å². The summed E-state index contributed by atoms with van der Waals surface area (Å²) >= 11 is 0. The molecule has 3 heterocycles. The molecule has 0 bridgehead atoms. The topological polar surface area (TPSA) is 61.4 Å². The van der Waals surface area contributed by atoms with Crippen LogP contribution in [0.25, 0.3) is 0 Å². The highest BCUT2D eigenvalue weighted by Gasteiger charge is 2.31. The molecule has 1 amide bonds. The van der Waals surface area contributed by atoms with E-state index in [-0.39, 0.29) is 12.0 Å². The lowest BCUT2D eigenvalue weighted by molar-refractivity contribution is -0.137. The van der Waals surface area contributed by atoms with Gasteiger partial charge in [0.15, 0.2) is 5.82 Å². The molecule has 120 valence electrons. The van der Waals surface area contributed by atoms with E-state index >= 15 is 0 Å². The molecule has 1 N–H and O–H groups in total. The van der Waals surface area contributed by atoms with Gasteiger partial charge in [0.25, 0.3) is 0 Å². The summed E-state index contributed by atoms with van der Waals surface area (Å²) in [5.41, 5.74) is 0. The third kappa shape index (κ3) is 3.38. The minimum Gasteiger partial charge on any atom is -0.353 e. The lowest BCUT2D eigenvalue weighted by atomic mass is 9.95. The van der Waals surface area contributed by atoms with Crippen molar-refractivity contribution < 1.29 is 4.79 Å². The molecule has 2 aliphatic heterocycles. The summed E-state index contributed by atoms with van der Waals surface area (Å²) in [5.74, 6) is 1.42. The van der Waals surface area contributed by atoms with E-state index < -0.39 is 0 Å². The Bertz CT molecular complexity index is 489. The van der Waals surface area contributed by atoms with Gasteiger partial charge in [0.1, 0.15) is 0 Å². The molecule has 1 aromatic heterocycles. The maximum absolute atomic E-state index is 12.7. The van der Waals surface area contributed by atoms with Crippen molar-refractivity contribution in [3.05, 3.63) is 18.3 Å². The lowest BCUT2D eigenvalue weighted by Crippen LogP contribution is -2.51. The Kier molecular flexibility index (Phi) is 4.87. The number of rotatable bonds is 3. The maximum Gasteiger partial charge on any atom is 0.225 e. The van der Waals surface area contributed by atoms with Gasteiger partial charge in [-0.3, -0.25) is 4.79 Å². The molecule has 1 atom stereocenters. The van der Waals surface area contributed by atoms with Crippen molar-refractivity contribution >= 4 is 11.7 Å². The van der Waals surface area contributed by atoms with Crippen molar-refractivity contribution in [1.82, 2.24) is 20.4 Å². The Morgan fingerprint density at radius 3 is 2.91 bits per heavy atom. The number of anilines is 1. The van der Waals surface area contributed by atoms with Crippen LogP contribution in [0.5, 0.6) is 0 Å². The third-order valence-corrected chi connectivity index (χ3v) is 4.86. The fraction of sp³-hybridized carbons (Fsp3) is 0.688. The Balaban J connectivity index is 1.62. The van der Waals surface area contributed by atoms with Crippen LogP contribution >= 0.6 is 0 Å². The zero-order valence-electron chi connectivity index (χ0n) is 13.2. The van der Waals surface area contributed by atoms with Crippen LogP contribution in [0.2, 0.25) is 0 Å². The molecule has 2 saturated heterocycles. The predicted octanol–water partition coefficient (Wildman–Crippen LogP) is 0.903. The number of likely N-dealkylation sites (N-methyl/N-ethyl adjacent to an activating group) is 1. The summed E-state index contributed by atoms with van der Waals surface area (Å²) in [6.07, 6.45) is 5.78. The standard InChI is InChI=1S/C16H25N5O/c1-20(16(22)13-6-9-17-10-7-13)14-4-3-11-21(12-14)15-5-2-8-18-19-15/h2,5,8,13-14,17H,3-4,6-7,9-12H2,1H3. The van der Waals surface area contributed by atoms with Crippen LogP contribution in [-0.2, 0) is 4.79 Å². The largest absolute Gasteiger partial charge is 0.353 e. The van der Waals surface area contributed by atoms with E-state index in [9.17, 15) is 4.79 Å². The van der Waals surface area contributed by atoms with Crippen LogP contribution in [0.4, 0.5) is 5.82 Å². The predicted molar refractivity (Wildman–Crippen MR) is 85.6 cm³/mol. The van der Waals surface area contributed by atoms with Crippen molar-refractivity contribution in [2.45, 2.75) is 31.7 Å². The molecule has 0 aliphatic carbocycles. The molecule has 0 radical (unpaired) electrons. The average molecular weight is 303 g/mol. The molecule has 3 rings (SSSR count). The summed E-state index contributed by atoms with van der Waals surface area (Å²) in [7, 11) is 1.97. The fourth-order valence-corrected chi connectivity index (χ4v) is 3.48. The summed E-state index contributed by atoms with van der Waals surface area (Å²) in [5, 5.41) is 11.5. The van der Waals surface area contributed by atoms with E-state index in [0.29, 0.717) is 5.91 Å². The van der Waals surface area contributed by atoms with Gasteiger partial charge in [-0.25, -0.2) is 0 Å². The normalized spacial score (nSPS) is 23.3. The van der Waals surface area contributed by atoms with Gasteiger partial charge in [-0.05, 0) is 50.9 Å². The van der Waals surface area contributed by atoms with E-state index in [2.05, 4.69) is 20.4 Å². The number of hydrogen-bond acceptors (Lipinski definition) is 5. The smallest absolute Gasteiger partial charge is 0.225 e. The second-order valence-corrected chi connectivity index (χ2v) is 6.30. The first-order chi connectivity index (χ1) is 10.8. The number of aromatic nitrogens is 2. The number of piperidine rings is 2. The van der Waals surface area contributed by atoms with Crippen molar-refractivity contribution in [2.75, 3.05) is 38.1 Å². The SMILES string of the molecule is CN(C(=O)C1CCNCC1)C1CCCN(c2cccnn2)C1. The maximum atomic E-state index is 12.7. The van der Waals surface area contributed by atoms with Gasteiger partial charge >= 0.3 is 0 Å². The first kappa shape index (κ1) is 15.2. The lowest BCUT2D eigenvalue weighted by Gasteiger charge is -2.39.